The van der Waals surface area contributed by atoms with Crippen LogP contribution in [0, 0.1) is 12.8 Å². The number of piperidine rings is 2. The van der Waals surface area contributed by atoms with Crippen molar-refractivity contribution >= 4 is 10.1 Å². The number of benzene rings is 1. The third-order valence-electron chi connectivity index (χ3n) is 5.61. The standard InChI is InChI=1S/C16H21NO3S/c1-10-4-6-11(7-5-10)21(18,19)20-15-12-8-9-13-14(15)17(13)16(12,2)3/h4-7,12-15H,8-9H2,1-3H3/t12-,13+,14?,15+,17?/m0/s1. The van der Waals surface area contributed by atoms with Gasteiger partial charge in [0.25, 0.3) is 10.1 Å². The Morgan fingerprint density at radius 3 is 2.38 bits per heavy atom. The number of fused-ring (bicyclic) bond motifs is 1. The van der Waals surface area contributed by atoms with Crippen LogP contribution >= 0.6 is 0 Å². The molecule has 5 atom stereocenters. The molecule has 2 unspecified atom stereocenters. The highest BCUT2D eigenvalue weighted by Gasteiger charge is 2.72. The van der Waals surface area contributed by atoms with Crippen LogP contribution in [-0.4, -0.2) is 37.0 Å². The van der Waals surface area contributed by atoms with E-state index in [9.17, 15) is 8.42 Å². The molecule has 5 heteroatoms. The maximum atomic E-state index is 12.5. The molecule has 4 bridgehead atoms. The lowest BCUT2D eigenvalue weighted by Gasteiger charge is -2.39. The van der Waals surface area contributed by atoms with Crippen molar-refractivity contribution in [2.24, 2.45) is 5.92 Å². The summed E-state index contributed by atoms with van der Waals surface area (Å²) < 4.78 is 30.7. The van der Waals surface area contributed by atoms with E-state index in [-0.39, 0.29) is 16.5 Å². The molecule has 3 heterocycles. The number of hydrogen-bond donors (Lipinski definition) is 0. The van der Waals surface area contributed by atoms with Crippen LogP contribution in [0.5, 0.6) is 0 Å². The number of aryl methyl sites for hydroxylation is 1. The van der Waals surface area contributed by atoms with Crippen molar-refractivity contribution in [1.29, 1.82) is 0 Å². The first-order chi connectivity index (χ1) is 9.82. The molecule has 0 N–H and O–H groups in total. The summed E-state index contributed by atoms with van der Waals surface area (Å²) in [6.07, 6.45) is 2.08. The molecule has 0 spiro atoms. The molecule has 5 rings (SSSR count). The van der Waals surface area contributed by atoms with Crippen LogP contribution < -0.4 is 0 Å². The van der Waals surface area contributed by atoms with E-state index >= 15 is 0 Å². The predicted molar refractivity (Wildman–Crippen MR) is 79.5 cm³/mol. The van der Waals surface area contributed by atoms with E-state index in [0.29, 0.717) is 18.0 Å². The van der Waals surface area contributed by atoms with Gasteiger partial charge >= 0.3 is 0 Å². The van der Waals surface area contributed by atoms with Gasteiger partial charge in [0.05, 0.1) is 17.0 Å². The molecule has 0 aromatic heterocycles. The summed E-state index contributed by atoms with van der Waals surface area (Å²) in [7, 11) is -3.67. The summed E-state index contributed by atoms with van der Waals surface area (Å²) in [5.74, 6) is 0.313. The summed E-state index contributed by atoms with van der Waals surface area (Å²) in [5, 5.41) is 0. The SMILES string of the molecule is Cc1ccc(S(=O)(=O)O[C@H]2C3[C@H]4CC[C@@H]2C(C)(C)N34)cc1. The highest BCUT2D eigenvalue weighted by Crippen LogP contribution is 2.61. The first-order valence-corrected chi connectivity index (χ1v) is 9.01. The van der Waals surface area contributed by atoms with Gasteiger partial charge < -0.3 is 0 Å². The quantitative estimate of drug-likeness (QED) is 0.635. The van der Waals surface area contributed by atoms with Crippen molar-refractivity contribution in [2.75, 3.05) is 0 Å². The number of nitrogens with zero attached hydrogens (tertiary/aromatic N) is 1. The number of rotatable bonds is 3. The van der Waals surface area contributed by atoms with Crippen LogP contribution in [-0.2, 0) is 14.3 Å². The van der Waals surface area contributed by atoms with Gasteiger partial charge in [-0.15, -0.1) is 0 Å². The van der Waals surface area contributed by atoms with Gasteiger partial charge in [-0.2, -0.15) is 8.42 Å². The molecule has 21 heavy (non-hydrogen) atoms. The lowest BCUT2D eigenvalue weighted by atomic mass is 9.75. The zero-order valence-corrected chi connectivity index (χ0v) is 13.4. The Bertz CT molecular complexity index is 680. The molecule has 1 aliphatic carbocycles. The molecular formula is C16H21NO3S. The zero-order chi connectivity index (χ0) is 15.0. The van der Waals surface area contributed by atoms with Crippen LogP contribution in [0.1, 0.15) is 32.3 Å². The lowest BCUT2D eigenvalue weighted by molar-refractivity contribution is 0.0698. The summed E-state index contributed by atoms with van der Waals surface area (Å²) in [6.45, 7) is 6.37. The smallest absolute Gasteiger partial charge is 0.286 e. The fourth-order valence-corrected chi connectivity index (χ4v) is 5.65. The summed E-state index contributed by atoms with van der Waals surface area (Å²) in [4.78, 5) is 2.71. The van der Waals surface area contributed by atoms with E-state index in [1.54, 1.807) is 12.1 Å². The average Bonchev–Trinajstić information content (AvgIpc) is 3.11. The average molecular weight is 307 g/mol. The van der Waals surface area contributed by atoms with Crippen molar-refractivity contribution in [1.82, 2.24) is 4.90 Å². The molecule has 1 aromatic rings. The highest BCUT2D eigenvalue weighted by molar-refractivity contribution is 7.86. The molecule has 3 aliphatic heterocycles. The van der Waals surface area contributed by atoms with E-state index in [0.717, 1.165) is 12.0 Å². The topological polar surface area (TPSA) is 46.4 Å². The van der Waals surface area contributed by atoms with Crippen molar-refractivity contribution in [3.8, 4) is 0 Å². The minimum atomic E-state index is -3.67. The summed E-state index contributed by atoms with van der Waals surface area (Å²) in [5.41, 5.74) is 1.12. The molecule has 0 amide bonds. The van der Waals surface area contributed by atoms with Crippen LogP contribution in [0.15, 0.2) is 29.2 Å². The minimum Gasteiger partial charge on any atom is -0.286 e. The molecule has 3 saturated heterocycles. The highest BCUT2D eigenvalue weighted by atomic mass is 32.2. The predicted octanol–water partition coefficient (Wildman–Crippen LogP) is 2.32. The lowest BCUT2D eigenvalue weighted by Crippen LogP contribution is -2.47. The van der Waals surface area contributed by atoms with E-state index in [2.05, 4.69) is 18.7 Å². The second-order valence-electron chi connectivity index (χ2n) is 7.13. The maximum absolute atomic E-state index is 12.5. The van der Waals surface area contributed by atoms with Gasteiger partial charge in [-0.05, 0) is 45.7 Å². The Morgan fingerprint density at radius 2 is 1.86 bits per heavy atom. The molecule has 0 radical (unpaired) electrons. The van der Waals surface area contributed by atoms with Crippen molar-refractivity contribution in [3.05, 3.63) is 29.8 Å². The Morgan fingerprint density at radius 1 is 1.19 bits per heavy atom. The van der Waals surface area contributed by atoms with Gasteiger partial charge in [-0.1, -0.05) is 17.7 Å². The van der Waals surface area contributed by atoms with Crippen molar-refractivity contribution < 1.29 is 12.6 Å². The molecule has 4 nitrogen and oxygen atoms in total. The van der Waals surface area contributed by atoms with Crippen LogP contribution in [0.3, 0.4) is 0 Å². The van der Waals surface area contributed by atoms with Crippen LogP contribution in [0.4, 0.5) is 0 Å². The number of hydrogen-bond acceptors (Lipinski definition) is 4. The second-order valence-corrected chi connectivity index (χ2v) is 8.70. The Balaban J connectivity index is 1.61. The van der Waals surface area contributed by atoms with E-state index in [4.69, 9.17) is 4.18 Å². The fraction of sp³-hybridized carbons (Fsp3) is 0.625. The van der Waals surface area contributed by atoms with E-state index < -0.39 is 10.1 Å². The monoisotopic (exact) mass is 307 g/mol. The molecule has 114 valence electrons. The summed E-state index contributed by atoms with van der Waals surface area (Å²) >= 11 is 0. The third kappa shape index (κ3) is 1.84. The van der Waals surface area contributed by atoms with Gasteiger partial charge in [-0.3, -0.25) is 9.08 Å². The molecule has 4 aliphatic rings. The second kappa shape index (κ2) is 4.09. The maximum Gasteiger partial charge on any atom is 0.297 e. The molecule has 1 aromatic carbocycles. The van der Waals surface area contributed by atoms with Gasteiger partial charge in [-0.25, -0.2) is 0 Å². The normalized spacial score (nSPS) is 39.3. The van der Waals surface area contributed by atoms with Crippen LogP contribution in [0.25, 0.3) is 0 Å². The Kier molecular flexibility index (Phi) is 2.67. The minimum absolute atomic E-state index is 0.0705. The molecule has 4 fully saturated rings. The largest absolute Gasteiger partial charge is 0.297 e. The first kappa shape index (κ1) is 13.7. The van der Waals surface area contributed by atoms with Gasteiger partial charge in [0.2, 0.25) is 0 Å². The van der Waals surface area contributed by atoms with Gasteiger partial charge in [0.1, 0.15) is 0 Å². The third-order valence-corrected chi connectivity index (χ3v) is 6.94. The van der Waals surface area contributed by atoms with Crippen molar-refractivity contribution in [3.63, 3.8) is 0 Å². The first-order valence-electron chi connectivity index (χ1n) is 7.61. The Hall–Kier alpha value is -0.910. The Labute approximate surface area is 126 Å². The fourth-order valence-electron chi connectivity index (χ4n) is 4.53. The zero-order valence-electron chi connectivity index (χ0n) is 12.6. The van der Waals surface area contributed by atoms with Gasteiger partial charge in [0.15, 0.2) is 0 Å². The molecular weight excluding hydrogens is 286 g/mol. The van der Waals surface area contributed by atoms with Gasteiger partial charge in [0, 0.05) is 17.5 Å². The van der Waals surface area contributed by atoms with E-state index in [1.807, 2.05) is 19.1 Å². The van der Waals surface area contributed by atoms with E-state index in [1.165, 1.54) is 6.42 Å². The van der Waals surface area contributed by atoms with Crippen LogP contribution in [0.2, 0.25) is 0 Å². The summed E-state index contributed by atoms with van der Waals surface area (Å²) in [6, 6.07) is 7.72. The van der Waals surface area contributed by atoms with Crippen molar-refractivity contribution in [2.45, 2.75) is 62.2 Å². The molecule has 1 saturated carbocycles.